The molecule has 4 rings (SSSR count). The molecule has 1 aliphatic rings. The maximum Gasteiger partial charge on any atom is 0.231 e. The monoisotopic (exact) mass is 543 g/mol. The van der Waals surface area contributed by atoms with Crippen LogP contribution in [0.3, 0.4) is 0 Å². The van der Waals surface area contributed by atoms with Gasteiger partial charge in [0.25, 0.3) is 0 Å². The Hall–Kier alpha value is -3.74. The van der Waals surface area contributed by atoms with Crippen molar-refractivity contribution >= 4 is 5.91 Å². The molecule has 0 radical (unpaired) electrons. The number of carbonyl (C=O) groups excluding carboxylic acids is 1. The Labute approximate surface area is 231 Å². The summed E-state index contributed by atoms with van der Waals surface area (Å²) in [7, 11) is 3.26. The van der Waals surface area contributed by atoms with Crippen LogP contribution in [0.5, 0.6) is 11.5 Å². The fraction of sp³-hybridized carbons (Fsp3) is 0.344. The highest BCUT2D eigenvalue weighted by molar-refractivity contribution is 5.85. The number of nitrogens with one attached hydrogen (secondary N) is 1. The molecule has 1 fully saturated rings. The fourth-order valence-corrected chi connectivity index (χ4v) is 4.51. The minimum atomic E-state index is -0.457. The molecule has 0 bridgehead atoms. The van der Waals surface area contributed by atoms with Gasteiger partial charge in [0, 0.05) is 24.5 Å². The molecule has 1 N–H and O–H groups in total. The molecule has 7 heteroatoms. The van der Waals surface area contributed by atoms with Gasteiger partial charge in [-0.1, -0.05) is 72.8 Å². The van der Waals surface area contributed by atoms with Gasteiger partial charge in [0.1, 0.15) is 6.67 Å². The first-order valence-electron chi connectivity index (χ1n) is 13.1. The highest BCUT2D eigenvalue weighted by atomic mass is 20.0. The summed E-state index contributed by atoms with van der Waals surface area (Å²) in [4.78, 5) is 13.2. The van der Waals surface area contributed by atoms with Crippen molar-refractivity contribution in [2.24, 2.45) is 5.92 Å². The van der Waals surface area contributed by atoms with E-state index < -0.39 is 6.67 Å². The Kier molecular flexibility index (Phi) is 11.9. The average molecular weight is 544 g/mol. The molecule has 1 unspecified atom stereocenters. The molecule has 0 aliphatic heterocycles. The van der Waals surface area contributed by atoms with Crippen LogP contribution in [0.1, 0.15) is 56.2 Å². The SMILES string of the molecule is COc1ccc(C(/C=C\[C@@H](C(=O)NCC2CC2)c2ccccc2)CCc2ccc(CF)cc2)cc1OC.FF.[HH].[HH]. The van der Waals surface area contributed by atoms with Gasteiger partial charge in [-0.25, -0.2) is 4.39 Å². The highest BCUT2D eigenvalue weighted by Crippen LogP contribution is 2.34. The fourth-order valence-electron chi connectivity index (χ4n) is 4.51. The van der Waals surface area contributed by atoms with Gasteiger partial charge in [-0.15, -0.1) is 0 Å². The number of ether oxygens (including phenoxy) is 2. The van der Waals surface area contributed by atoms with Crippen LogP contribution in [0, 0.1) is 5.92 Å². The Morgan fingerprint density at radius 1 is 0.923 bits per heavy atom. The number of amides is 1. The van der Waals surface area contributed by atoms with Crippen LogP contribution in [0.15, 0.2) is 84.9 Å². The Morgan fingerprint density at radius 3 is 2.21 bits per heavy atom. The number of methoxy groups -OCH3 is 2. The van der Waals surface area contributed by atoms with E-state index in [-0.39, 0.29) is 20.6 Å². The van der Waals surface area contributed by atoms with E-state index >= 15 is 0 Å². The van der Waals surface area contributed by atoms with Crippen LogP contribution in [-0.4, -0.2) is 26.7 Å². The molecule has 2 atom stereocenters. The molecule has 39 heavy (non-hydrogen) atoms. The van der Waals surface area contributed by atoms with Gasteiger partial charge in [-0.3, -0.25) is 4.79 Å². The number of hydrogen-bond donors (Lipinski definition) is 1. The van der Waals surface area contributed by atoms with E-state index in [2.05, 4.69) is 11.4 Å². The number of rotatable bonds is 13. The zero-order valence-electron chi connectivity index (χ0n) is 22.4. The predicted octanol–water partition coefficient (Wildman–Crippen LogP) is 8.09. The molecule has 1 saturated carbocycles. The molecular formula is C32H40F3NO3. The lowest BCUT2D eigenvalue weighted by Crippen LogP contribution is -2.30. The largest absolute Gasteiger partial charge is 0.493 e. The first kappa shape index (κ1) is 29.8. The van der Waals surface area contributed by atoms with E-state index in [1.165, 1.54) is 12.8 Å². The third-order valence-electron chi connectivity index (χ3n) is 7.00. The molecule has 0 saturated heterocycles. The van der Waals surface area contributed by atoms with Crippen molar-refractivity contribution in [2.75, 3.05) is 20.8 Å². The van der Waals surface area contributed by atoms with Crippen molar-refractivity contribution in [1.82, 2.24) is 5.32 Å². The zero-order valence-corrected chi connectivity index (χ0v) is 22.4. The van der Waals surface area contributed by atoms with Crippen molar-refractivity contribution in [2.45, 2.75) is 44.2 Å². The second kappa shape index (κ2) is 15.6. The number of halogens is 3. The van der Waals surface area contributed by atoms with Gasteiger partial charge >= 0.3 is 0 Å². The van der Waals surface area contributed by atoms with Crippen LogP contribution in [0.25, 0.3) is 0 Å². The van der Waals surface area contributed by atoms with E-state index in [4.69, 9.17) is 18.6 Å². The Bertz CT molecular complexity index is 1190. The smallest absolute Gasteiger partial charge is 0.231 e. The van der Waals surface area contributed by atoms with E-state index in [1.54, 1.807) is 14.2 Å². The van der Waals surface area contributed by atoms with E-state index in [1.807, 2.05) is 78.9 Å². The molecule has 0 aromatic heterocycles. The van der Waals surface area contributed by atoms with Crippen molar-refractivity contribution in [3.63, 3.8) is 0 Å². The van der Waals surface area contributed by atoms with Gasteiger partial charge < -0.3 is 14.8 Å². The summed E-state index contributed by atoms with van der Waals surface area (Å²) in [5.41, 5.74) is 3.89. The van der Waals surface area contributed by atoms with Crippen LogP contribution in [0.2, 0.25) is 0 Å². The Morgan fingerprint density at radius 2 is 1.59 bits per heavy atom. The lowest BCUT2D eigenvalue weighted by Gasteiger charge is -2.18. The van der Waals surface area contributed by atoms with E-state index in [0.29, 0.717) is 23.0 Å². The number of aryl methyl sites for hydroxylation is 1. The first-order chi connectivity index (χ1) is 19.1. The molecule has 0 spiro atoms. The summed E-state index contributed by atoms with van der Waals surface area (Å²) < 4.78 is 39.9. The quantitative estimate of drug-likeness (QED) is 0.222. The van der Waals surface area contributed by atoms with Crippen LogP contribution < -0.4 is 14.8 Å². The summed E-state index contributed by atoms with van der Waals surface area (Å²) in [6, 6.07) is 23.5. The van der Waals surface area contributed by atoms with E-state index in [0.717, 1.165) is 36.1 Å². The van der Waals surface area contributed by atoms with Gasteiger partial charge in [0.2, 0.25) is 5.91 Å². The standard InChI is InChI=1S/C32H36FNO3.F2.2H2/c1-36-30-19-17-28(20-31(30)37-2)26(15-14-23-8-10-24(21-33)11-9-23)16-18-29(27-6-4-3-5-7-27)32(35)34-22-25-12-13-25;1-2;;/h3-11,16-20,25-26,29H,12-15,21-22H2,1-2H3,(H,34,35);;2*1H/b18-16-;;;/t26?,29-;;;/m1.../s1. The second-order valence-electron chi connectivity index (χ2n) is 9.67. The summed E-state index contributed by atoms with van der Waals surface area (Å²) in [5, 5.41) is 3.15. The molecule has 0 heterocycles. The third-order valence-corrected chi connectivity index (χ3v) is 7.00. The lowest BCUT2D eigenvalue weighted by molar-refractivity contribution is -0.121. The molecule has 4 nitrogen and oxygen atoms in total. The van der Waals surface area contributed by atoms with Crippen molar-refractivity contribution < 1.29 is 30.7 Å². The predicted molar refractivity (Wildman–Crippen MR) is 152 cm³/mol. The number of hydrogen-bond acceptors (Lipinski definition) is 3. The molecule has 212 valence electrons. The molecule has 1 aliphatic carbocycles. The van der Waals surface area contributed by atoms with Crippen LogP contribution in [0.4, 0.5) is 13.5 Å². The minimum absolute atomic E-state index is 0. The van der Waals surface area contributed by atoms with Crippen LogP contribution >= 0.6 is 0 Å². The second-order valence-corrected chi connectivity index (χ2v) is 9.67. The third kappa shape index (κ3) is 8.91. The number of allylic oxidation sites excluding steroid dienone is 1. The summed E-state index contributed by atoms with van der Waals surface area (Å²) >= 11 is 0. The first-order valence-corrected chi connectivity index (χ1v) is 13.1. The van der Waals surface area contributed by atoms with Crippen molar-refractivity contribution in [3.05, 3.63) is 107 Å². The minimum Gasteiger partial charge on any atom is -0.493 e. The molecular weight excluding hydrogens is 503 g/mol. The number of alkyl halides is 1. The normalized spacial score (nSPS) is 14.2. The van der Waals surface area contributed by atoms with Crippen molar-refractivity contribution in [1.29, 1.82) is 0 Å². The number of carbonyl (C=O) groups is 1. The Balaban J connectivity index is 0.00000206. The van der Waals surface area contributed by atoms with Crippen LogP contribution in [-0.2, 0) is 17.9 Å². The van der Waals surface area contributed by atoms with Gasteiger partial charge in [0.05, 0.1) is 20.1 Å². The molecule has 1 amide bonds. The topological polar surface area (TPSA) is 47.6 Å². The average Bonchev–Trinajstić information content (AvgIpc) is 3.84. The maximum absolute atomic E-state index is 13.2. The van der Waals surface area contributed by atoms with Gasteiger partial charge in [-0.05, 0) is 66.0 Å². The molecule has 3 aromatic rings. The highest BCUT2D eigenvalue weighted by Gasteiger charge is 2.24. The number of benzene rings is 3. The van der Waals surface area contributed by atoms with Gasteiger partial charge in [0.15, 0.2) is 11.5 Å². The lowest BCUT2D eigenvalue weighted by atomic mass is 9.89. The molecule has 3 aromatic carbocycles. The van der Waals surface area contributed by atoms with E-state index in [9.17, 15) is 9.18 Å². The maximum atomic E-state index is 13.2. The van der Waals surface area contributed by atoms with Gasteiger partial charge in [-0.2, -0.15) is 0 Å². The summed E-state index contributed by atoms with van der Waals surface area (Å²) in [6.07, 6.45) is 8.21. The zero-order chi connectivity index (χ0) is 28.0. The summed E-state index contributed by atoms with van der Waals surface area (Å²) in [5.74, 6) is 1.68. The van der Waals surface area contributed by atoms with Crippen molar-refractivity contribution in [3.8, 4) is 11.5 Å². The summed E-state index contributed by atoms with van der Waals surface area (Å²) in [6.45, 7) is 0.283.